The first-order valence-electron chi connectivity index (χ1n) is 9.10. The first-order valence-corrected chi connectivity index (χ1v) is 9.92. The first kappa shape index (κ1) is 19.4. The van der Waals surface area contributed by atoms with Crippen molar-refractivity contribution in [2.45, 2.75) is 0 Å². The molecule has 0 fully saturated rings. The summed E-state index contributed by atoms with van der Waals surface area (Å²) in [5.74, 6) is 0.592. The number of aromatic nitrogens is 1. The van der Waals surface area contributed by atoms with Gasteiger partial charge in [0.15, 0.2) is 0 Å². The third kappa shape index (κ3) is 4.22. The number of esters is 1. The smallest absolute Gasteiger partial charge is 0.343 e. The van der Waals surface area contributed by atoms with Crippen LogP contribution in [0.2, 0.25) is 0 Å². The Labute approximate surface area is 177 Å². The van der Waals surface area contributed by atoms with Crippen molar-refractivity contribution in [1.82, 2.24) is 4.98 Å². The number of rotatable bonds is 5. The van der Waals surface area contributed by atoms with E-state index in [9.17, 15) is 10.1 Å². The van der Waals surface area contributed by atoms with Crippen LogP contribution in [0, 0.1) is 11.3 Å². The topological polar surface area (TPSA) is 72.2 Å². The number of fused-ring (bicyclic) bond motifs is 1. The lowest BCUT2D eigenvalue weighted by atomic mass is 10.1. The molecule has 0 spiro atoms. The molecule has 146 valence electrons. The van der Waals surface area contributed by atoms with E-state index in [1.54, 1.807) is 55.7 Å². The van der Waals surface area contributed by atoms with Crippen molar-refractivity contribution in [2.24, 2.45) is 0 Å². The Kier molecular flexibility index (Phi) is 5.55. The Bertz CT molecular complexity index is 1250. The van der Waals surface area contributed by atoms with Crippen LogP contribution in [0.1, 0.15) is 20.9 Å². The van der Waals surface area contributed by atoms with E-state index in [-0.39, 0.29) is 0 Å². The predicted molar refractivity (Wildman–Crippen MR) is 117 cm³/mol. The molecule has 0 amide bonds. The SMILES string of the molecule is COc1ccc(C(=O)Oc2cccc(/C=C(\C#N)c3nc4ccccc4s3)c2)cc1. The summed E-state index contributed by atoms with van der Waals surface area (Å²) >= 11 is 1.47. The number of hydrogen-bond acceptors (Lipinski definition) is 6. The van der Waals surface area contributed by atoms with Crippen LogP contribution in [0.3, 0.4) is 0 Å². The van der Waals surface area contributed by atoms with Gasteiger partial charge in [-0.1, -0.05) is 24.3 Å². The summed E-state index contributed by atoms with van der Waals surface area (Å²) in [6.07, 6.45) is 1.74. The van der Waals surface area contributed by atoms with Gasteiger partial charge in [0.1, 0.15) is 22.6 Å². The van der Waals surface area contributed by atoms with E-state index in [2.05, 4.69) is 11.1 Å². The summed E-state index contributed by atoms with van der Waals surface area (Å²) < 4.78 is 11.6. The van der Waals surface area contributed by atoms with Crippen molar-refractivity contribution in [3.8, 4) is 17.6 Å². The summed E-state index contributed by atoms with van der Waals surface area (Å²) in [5, 5.41) is 10.3. The molecular formula is C24H16N2O3S. The highest BCUT2D eigenvalue weighted by molar-refractivity contribution is 7.19. The molecule has 30 heavy (non-hydrogen) atoms. The molecule has 3 aromatic carbocycles. The minimum Gasteiger partial charge on any atom is -0.497 e. The van der Waals surface area contributed by atoms with Gasteiger partial charge in [0, 0.05) is 0 Å². The molecule has 0 atom stereocenters. The number of nitriles is 1. The highest BCUT2D eigenvalue weighted by Crippen LogP contribution is 2.28. The van der Waals surface area contributed by atoms with Crippen LogP contribution in [0.25, 0.3) is 21.9 Å². The average Bonchev–Trinajstić information content (AvgIpc) is 3.22. The van der Waals surface area contributed by atoms with Gasteiger partial charge >= 0.3 is 5.97 Å². The van der Waals surface area contributed by atoms with E-state index in [1.165, 1.54) is 11.3 Å². The van der Waals surface area contributed by atoms with Gasteiger partial charge in [-0.3, -0.25) is 0 Å². The fraction of sp³-hybridized carbons (Fsp3) is 0.0417. The van der Waals surface area contributed by atoms with Gasteiger partial charge in [0.05, 0.1) is 28.5 Å². The van der Waals surface area contributed by atoms with E-state index >= 15 is 0 Å². The van der Waals surface area contributed by atoms with Crippen molar-refractivity contribution in [2.75, 3.05) is 7.11 Å². The molecule has 1 aromatic heterocycles. The van der Waals surface area contributed by atoms with Crippen molar-refractivity contribution in [3.63, 3.8) is 0 Å². The standard InChI is InChI=1S/C24H16N2O3S/c1-28-19-11-9-17(10-12-19)24(27)29-20-6-4-5-16(14-20)13-18(15-25)23-26-21-7-2-3-8-22(21)30-23/h2-14H,1H3/b18-13+. The molecule has 0 saturated heterocycles. The Balaban J connectivity index is 1.57. The van der Waals surface area contributed by atoms with Crippen LogP contribution in [-0.4, -0.2) is 18.1 Å². The van der Waals surface area contributed by atoms with Gasteiger partial charge in [-0.05, 0) is 60.2 Å². The Morgan fingerprint density at radius 3 is 2.57 bits per heavy atom. The van der Waals surface area contributed by atoms with Gasteiger partial charge in [-0.15, -0.1) is 11.3 Å². The largest absolute Gasteiger partial charge is 0.497 e. The number of allylic oxidation sites excluding steroid dienone is 1. The van der Waals surface area contributed by atoms with E-state index < -0.39 is 5.97 Å². The van der Waals surface area contributed by atoms with Crippen LogP contribution in [0.5, 0.6) is 11.5 Å². The second-order valence-corrected chi connectivity index (χ2v) is 7.38. The minimum absolute atomic E-state index is 0.395. The Hall–Kier alpha value is -3.95. The summed E-state index contributed by atoms with van der Waals surface area (Å²) in [4.78, 5) is 16.9. The molecule has 0 unspecified atom stereocenters. The van der Waals surface area contributed by atoms with Crippen LogP contribution >= 0.6 is 11.3 Å². The predicted octanol–water partition coefficient (Wildman–Crippen LogP) is 5.59. The van der Waals surface area contributed by atoms with Crippen LogP contribution in [0.4, 0.5) is 0 Å². The van der Waals surface area contributed by atoms with Crippen molar-refractivity contribution < 1.29 is 14.3 Å². The molecule has 0 aliphatic heterocycles. The highest BCUT2D eigenvalue weighted by Gasteiger charge is 2.11. The lowest BCUT2D eigenvalue weighted by Gasteiger charge is -2.06. The van der Waals surface area contributed by atoms with Gasteiger partial charge in [-0.2, -0.15) is 5.26 Å². The maximum Gasteiger partial charge on any atom is 0.343 e. The number of benzene rings is 3. The monoisotopic (exact) mass is 412 g/mol. The second-order valence-electron chi connectivity index (χ2n) is 6.35. The molecular weight excluding hydrogens is 396 g/mol. The minimum atomic E-state index is -0.467. The number of hydrogen-bond donors (Lipinski definition) is 0. The van der Waals surface area contributed by atoms with Gasteiger partial charge < -0.3 is 9.47 Å². The summed E-state index contributed by atoms with van der Waals surface area (Å²) in [5.41, 5.74) is 2.48. The van der Waals surface area contributed by atoms with E-state index in [1.807, 2.05) is 30.3 Å². The highest BCUT2D eigenvalue weighted by atomic mass is 32.1. The van der Waals surface area contributed by atoms with E-state index in [0.717, 1.165) is 15.8 Å². The quantitative estimate of drug-likeness (QED) is 0.243. The maximum absolute atomic E-state index is 12.4. The molecule has 0 aliphatic rings. The van der Waals surface area contributed by atoms with Crippen molar-refractivity contribution >= 4 is 39.2 Å². The molecule has 0 radical (unpaired) electrons. The van der Waals surface area contributed by atoms with Crippen molar-refractivity contribution in [1.29, 1.82) is 5.26 Å². The van der Waals surface area contributed by atoms with Gasteiger partial charge in [0.2, 0.25) is 0 Å². The zero-order valence-electron chi connectivity index (χ0n) is 16.0. The van der Waals surface area contributed by atoms with Crippen LogP contribution in [-0.2, 0) is 0 Å². The molecule has 4 aromatic rings. The molecule has 1 heterocycles. The lowest BCUT2D eigenvalue weighted by molar-refractivity contribution is 0.0734. The molecule has 0 bridgehead atoms. The maximum atomic E-state index is 12.4. The zero-order valence-corrected chi connectivity index (χ0v) is 16.8. The Morgan fingerprint density at radius 2 is 1.83 bits per heavy atom. The molecule has 4 rings (SSSR count). The number of carbonyl (C=O) groups is 1. The third-order valence-electron chi connectivity index (χ3n) is 4.35. The fourth-order valence-corrected chi connectivity index (χ4v) is 3.79. The number of methoxy groups -OCH3 is 1. The number of thiazole rings is 1. The first-order chi connectivity index (χ1) is 14.7. The molecule has 5 nitrogen and oxygen atoms in total. The van der Waals surface area contributed by atoms with Gasteiger partial charge in [-0.25, -0.2) is 9.78 Å². The number of nitrogens with zero attached hydrogens (tertiary/aromatic N) is 2. The molecule has 0 aliphatic carbocycles. The normalized spacial score (nSPS) is 11.1. The van der Waals surface area contributed by atoms with Crippen LogP contribution in [0.15, 0.2) is 72.8 Å². The average molecular weight is 412 g/mol. The van der Waals surface area contributed by atoms with Crippen LogP contribution < -0.4 is 9.47 Å². The van der Waals surface area contributed by atoms with Gasteiger partial charge in [0.25, 0.3) is 0 Å². The van der Waals surface area contributed by atoms with E-state index in [4.69, 9.17) is 9.47 Å². The number of carbonyl (C=O) groups excluding carboxylic acids is 1. The molecule has 0 N–H and O–H groups in total. The fourth-order valence-electron chi connectivity index (χ4n) is 2.86. The van der Waals surface area contributed by atoms with Crippen molar-refractivity contribution in [3.05, 3.63) is 88.9 Å². The summed E-state index contributed by atoms with van der Waals surface area (Å²) in [7, 11) is 1.57. The number of ether oxygens (including phenoxy) is 2. The Morgan fingerprint density at radius 1 is 1.03 bits per heavy atom. The lowest BCUT2D eigenvalue weighted by Crippen LogP contribution is -2.08. The summed E-state index contributed by atoms with van der Waals surface area (Å²) in [6.45, 7) is 0. The van der Waals surface area contributed by atoms with E-state index in [0.29, 0.717) is 27.6 Å². The second kappa shape index (κ2) is 8.60. The molecule has 6 heteroatoms. The third-order valence-corrected chi connectivity index (χ3v) is 5.42. The summed E-state index contributed by atoms with van der Waals surface area (Å²) in [6, 6.07) is 23.7. The zero-order chi connectivity index (χ0) is 20.9. The molecule has 0 saturated carbocycles. The number of para-hydroxylation sites is 1.